The van der Waals surface area contributed by atoms with E-state index in [9.17, 15) is 0 Å². The van der Waals surface area contributed by atoms with Crippen molar-refractivity contribution in [1.82, 2.24) is 14.5 Å². The van der Waals surface area contributed by atoms with Gasteiger partial charge in [-0.1, -0.05) is 84.9 Å². The predicted octanol–water partition coefficient (Wildman–Crippen LogP) is 10.2. The van der Waals surface area contributed by atoms with E-state index < -0.39 is 0 Å². The number of aromatic nitrogens is 2. The van der Waals surface area contributed by atoms with Crippen molar-refractivity contribution in [2.75, 3.05) is 7.05 Å². The maximum atomic E-state index is 3.79. The molecule has 3 heteroatoms. The molecule has 3 nitrogen and oxygen atoms in total. The van der Waals surface area contributed by atoms with E-state index >= 15 is 0 Å². The topological polar surface area (TPSA) is 31.6 Å². The summed E-state index contributed by atoms with van der Waals surface area (Å²) in [5, 5.41) is 4.98. The second kappa shape index (κ2) is 8.70. The van der Waals surface area contributed by atoms with Crippen LogP contribution in [0.2, 0.25) is 0 Å². The van der Waals surface area contributed by atoms with Gasteiger partial charge in [0.2, 0.25) is 0 Å². The van der Waals surface area contributed by atoms with Gasteiger partial charge >= 0.3 is 0 Å². The molecule has 0 saturated carbocycles. The van der Waals surface area contributed by atoms with Crippen LogP contribution in [0.25, 0.3) is 54.7 Å². The number of rotatable bonds is 4. The van der Waals surface area contributed by atoms with Crippen LogP contribution in [0, 0.1) is 0 Å². The van der Waals surface area contributed by atoms with Crippen LogP contribution >= 0.6 is 0 Å². The summed E-state index contributed by atoms with van der Waals surface area (Å²) >= 11 is 0. The molecule has 0 saturated heterocycles. The van der Waals surface area contributed by atoms with E-state index in [0.717, 1.165) is 5.52 Å². The maximum Gasteiger partial charge on any atom is 0.143 e. The Morgan fingerprint density at radius 3 is 1.75 bits per heavy atom. The number of quaternary nitrogens is 1. The van der Waals surface area contributed by atoms with Crippen molar-refractivity contribution >= 4 is 60.7 Å². The van der Waals surface area contributed by atoms with E-state index in [2.05, 4.69) is 157 Å². The monoisotopic (exact) mass is 514 g/mol. The van der Waals surface area contributed by atoms with Crippen molar-refractivity contribution in [3.63, 3.8) is 0 Å². The summed E-state index contributed by atoms with van der Waals surface area (Å²) in [4.78, 5) is 7.40. The van der Waals surface area contributed by atoms with Gasteiger partial charge in [0.15, 0.2) is 0 Å². The standard InChI is InChI=1S/C37H28N3/c1-40(26-13-4-2-5-14-26,27-15-6-3-7-16-27)28-17-10-12-25(22-28)29-19-11-20-31-33-24-35-32(23-36(33)39-37(29)31)30-18-8-9-21-34(30)38-35/h2-24,38-39H,1H3/q+1. The summed E-state index contributed by atoms with van der Waals surface area (Å²) in [7, 11) is 2.28. The van der Waals surface area contributed by atoms with Crippen LogP contribution < -0.4 is 4.48 Å². The van der Waals surface area contributed by atoms with Gasteiger partial charge in [-0.05, 0) is 48.0 Å². The molecule has 0 aliphatic rings. The first kappa shape index (κ1) is 22.8. The third kappa shape index (κ3) is 3.35. The van der Waals surface area contributed by atoms with Crippen LogP contribution in [-0.4, -0.2) is 17.0 Å². The fraction of sp³-hybridized carbons (Fsp3) is 0.0270. The second-order valence-corrected chi connectivity index (χ2v) is 10.7. The van der Waals surface area contributed by atoms with Crippen molar-refractivity contribution in [3.8, 4) is 11.1 Å². The van der Waals surface area contributed by atoms with E-state index in [1.807, 2.05) is 0 Å². The lowest BCUT2D eigenvalue weighted by atomic mass is 10.00. The molecule has 2 heterocycles. The third-order valence-corrected chi connectivity index (χ3v) is 8.48. The summed E-state index contributed by atoms with van der Waals surface area (Å²) in [5.41, 5.74) is 10.7. The van der Waals surface area contributed by atoms with Gasteiger partial charge in [-0.15, -0.1) is 0 Å². The third-order valence-electron chi connectivity index (χ3n) is 8.48. The van der Waals surface area contributed by atoms with Gasteiger partial charge in [0, 0.05) is 55.8 Å². The average Bonchev–Trinajstić information content (AvgIpc) is 3.57. The highest BCUT2D eigenvalue weighted by Crippen LogP contribution is 2.44. The van der Waals surface area contributed by atoms with Gasteiger partial charge in [-0.2, -0.15) is 0 Å². The van der Waals surface area contributed by atoms with E-state index in [0.29, 0.717) is 4.48 Å². The number of nitrogens with one attached hydrogen (secondary N) is 2. The van der Waals surface area contributed by atoms with Gasteiger partial charge in [-0.3, -0.25) is 0 Å². The quantitative estimate of drug-likeness (QED) is 0.219. The largest absolute Gasteiger partial charge is 0.354 e. The Morgan fingerprint density at radius 2 is 1.00 bits per heavy atom. The Labute approximate surface area is 232 Å². The molecule has 8 rings (SSSR count). The van der Waals surface area contributed by atoms with Crippen LogP contribution in [-0.2, 0) is 0 Å². The number of fused-ring (bicyclic) bond motifs is 6. The Bertz CT molecular complexity index is 2130. The van der Waals surface area contributed by atoms with Crippen LogP contribution in [0.3, 0.4) is 0 Å². The minimum atomic E-state index is 0.579. The van der Waals surface area contributed by atoms with E-state index in [4.69, 9.17) is 0 Å². The molecule has 0 amide bonds. The second-order valence-electron chi connectivity index (χ2n) is 10.7. The van der Waals surface area contributed by atoms with Gasteiger partial charge in [-0.25, -0.2) is 4.48 Å². The van der Waals surface area contributed by atoms with E-state index in [-0.39, 0.29) is 0 Å². The molecule has 0 bridgehead atoms. The summed E-state index contributed by atoms with van der Waals surface area (Å²) < 4.78 is 0.579. The minimum absolute atomic E-state index is 0.579. The summed E-state index contributed by atoms with van der Waals surface area (Å²) in [6, 6.07) is 50.2. The number of benzene rings is 6. The molecule has 0 radical (unpaired) electrons. The fourth-order valence-corrected chi connectivity index (χ4v) is 6.36. The van der Waals surface area contributed by atoms with Crippen LogP contribution in [0.1, 0.15) is 0 Å². The Kier molecular flexibility index (Phi) is 4.97. The number of nitrogens with zero attached hydrogens (tertiary/aromatic N) is 1. The first-order valence-electron chi connectivity index (χ1n) is 13.7. The summed E-state index contributed by atoms with van der Waals surface area (Å²) in [5.74, 6) is 0. The Hall–Kier alpha value is -5.12. The zero-order valence-corrected chi connectivity index (χ0v) is 22.2. The van der Waals surface area contributed by atoms with Gasteiger partial charge in [0.1, 0.15) is 17.1 Å². The van der Waals surface area contributed by atoms with Crippen molar-refractivity contribution in [3.05, 3.63) is 140 Å². The molecule has 8 aromatic rings. The summed E-state index contributed by atoms with van der Waals surface area (Å²) in [6.45, 7) is 0. The predicted molar refractivity (Wildman–Crippen MR) is 171 cm³/mol. The molecule has 2 aromatic heterocycles. The Balaban J connectivity index is 1.33. The van der Waals surface area contributed by atoms with Crippen molar-refractivity contribution in [2.45, 2.75) is 0 Å². The summed E-state index contributed by atoms with van der Waals surface area (Å²) in [6.07, 6.45) is 0. The van der Waals surface area contributed by atoms with Crippen molar-refractivity contribution in [1.29, 1.82) is 0 Å². The van der Waals surface area contributed by atoms with Crippen LogP contribution in [0.4, 0.5) is 17.1 Å². The molecule has 0 aliphatic carbocycles. The number of aromatic amines is 2. The smallest absolute Gasteiger partial charge is 0.143 e. The zero-order valence-electron chi connectivity index (χ0n) is 22.2. The van der Waals surface area contributed by atoms with Crippen LogP contribution in [0.15, 0.2) is 140 Å². The molecule has 0 atom stereocenters. The highest BCUT2D eigenvalue weighted by atomic mass is 15.3. The Morgan fingerprint density at radius 1 is 0.425 bits per heavy atom. The van der Waals surface area contributed by atoms with Crippen molar-refractivity contribution in [2.24, 2.45) is 0 Å². The maximum absolute atomic E-state index is 3.79. The fourth-order valence-electron chi connectivity index (χ4n) is 6.36. The van der Waals surface area contributed by atoms with E-state index in [1.54, 1.807) is 0 Å². The lowest BCUT2D eigenvalue weighted by Crippen LogP contribution is -2.33. The van der Waals surface area contributed by atoms with Gasteiger partial charge in [0.25, 0.3) is 0 Å². The first-order valence-corrected chi connectivity index (χ1v) is 13.7. The SMILES string of the molecule is C[N+](c1ccccc1)(c1ccccc1)c1cccc(-c2cccc3c2[nH]c2cc4c(cc23)[nH]c2ccccc24)c1. The highest BCUT2D eigenvalue weighted by Gasteiger charge is 2.31. The molecule has 0 spiro atoms. The van der Waals surface area contributed by atoms with E-state index in [1.165, 1.54) is 66.3 Å². The van der Waals surface area contributed by atoms with Gasteiger partial charge in [0.05, 0.1) is 12.6 Å². The molecule has 190 valence electrons. The molecule has 40 heavy (non-hydrogen) atoms. The number of hydrogen-bond acceptors (Lipinski definition) is 0. The molecule has 0 aliphatic heterocycles. The minimum Gasteiger partial charge on any atom is -0.354 e. The van der Waals surface area contributed by atoms with Crippen LogP contribution in [0.5, 0.6) is 0 Å². The number of H-pyrrole nitrogens is 2. The normalized spacial score (nSPS) is 12.1. The highest BCUT2D eigenvalue weighted by molar-refractivity contribution is 6.18. The number of hydrogen-bond donors (Lipinski definition) is 2. The molecule has 2 N–H and O–H groups in total. The number of para-hydroxylation sites is 4. The zero-order chi connectivity index (χ0) is 26.7. The average molecular weight is 515 g/mol. The van der Waals surface area contributed by atoms with Gasteiger partial charge < -0.3 is 9.97 Å². The first-order chi connectivity index (χ1) is 19.7. The lowest BCUT2D eigenvalue weighted by Gasteiger charge is -2.33. The molecular formula is C37H28N3+. The molecular weight excluding hydrogens is 486 g/mol. The molecule has 0 unspecified atom stereocenters. The lowest BCUT2D eigenvalue weighted by molar-refractivity contribution is 0.627. The molecule has 6 aromatic carbocycles. The molecule has 0 fully saturated rings. The van der Waals surface area contributed by atoms with Crippen molar-refractivity contribution < 1.29 is 0 Å².